The van der Waals surface area contributed by atoms with Gasteiger partial charge in [0, 0.05) is 11.4 Å². The van der Waals surface area contributed by atoms with Gasteiger partial charge in [0.1, 0.15) is 0 Å². The Hall–Kier alpha value is -0.740. The molecule has 1 atom stereocenters. The van der Waals surface area contributed by atoms with Crippen molar-refractivity contribution in [3.63, 3.8) is 0 Å². The molecule has 0 radical (unpaired) electrons. The predicted molar refractivity (Wildman–Crippen MR) is 52.0 cm³/mol. The monoisotopic (exact) mass is 238 g/mol. The minimum Gasteiger partial charge on any atom is -0.383 e. The average Bonchev–Trinajstić information content (AvgIpc) is 2.10. The summed E-state index contributed by atoms with van der Waals surface area (Å²) in [6.07, 6.45) is -7.34. The van der Waals surface area contributed by atoms with Crippen molar-refractivity contribution in [3.8, 4) is 0 Å². The number of alkyl halides is 3. The maximum Gasteiger partial charge on any atom is 0.414 e. The van der Waals surface area contributed by atoms with Gasteiger partial charge >= 0.3 is 6.18 Å². The Morgan fingerprint density at radius 2 is 2.00 bits per heavy atom. The molecule has 15 heavy (non-hydrogen) atoms. The van der Waals surface area contributed by atoms with Crippen LogP contribution in [0, 0.1) is 6.92 Å². The zero-order valence-corrected chi connectivity index (χ0v) is 8.73. The van der Waals surface area contributed by atoms with Crippen LogP contribution in [-0.4, -0.2) is 17.4 Å². The third-order valence-corrected chi connectivity index (χ3v) is 2.45. The maximum absolute atomic E-state index is 12.0. The summed E-state index contributed by atoms with van der Waals surface area (Å²) in [6.45, 7) is 1.70. The lowest BCUT2D eigenvalue weighted by atomic mass is 10.1. The average molecular weight is 239 g/mol. The molecule has 0 fully saturated rings. The van der Waals surface area contributed by atoms with Gasteiger partial charge in [0.15, 0.2) is 6.10 Å². The first-order valence-electron chi connectivity index (χ1n) is 4.30. The topological polar surface area (TPSA) is 20.2 Å². The summed E-state index contributed by atoms with van der Waals surface area (Å²) in [5, 5.41) is 9.34. The maximum atomic E-state index is 12.0. The standard InChI is InChI=1S/C10H10ClF3O/c1-6-4-7(2-3-8(6)11)5-9(15)10(12,13)14/h2-4,9,15H,5H2,1H3/t9-/m1/s1. The van der Waals surface area contributed by atoms with E-state index in [4.69, 9.17) is 16.7 Å². The Balaban J connectivity index is 2.78. The molecule has 0 amide bonds. The molecule has 0 saturated heterocycles. The second-order valence-electron chi connectivity index (χ2n) is 3.35. The zero-order valence-electron chi connectivity index (χ0n) is 7.98. The van der Waals surface area contributed by atoms with Gasteiger partial charge in [-0.25, -0.2) is 0 Å². The number of halogens is 4. The molecule has 0 unspecified atom stereocenters. The van der Waals surface area contributed by atoms with Gasteiger partial charge in [-0.3, -0.25) is 0 Å². The quantitative estimate of drug-likeness (QED) is 0.839. The molecule has 0 aliphatic heterocycles. The SMILES string of the molecule is Cc1cc(C[C@@H](O)C(F)(F)F)ccc1Cl. The first kappa shape index (κ1) is 12.3. The van der Waals surface area contributed by atoms with Gasteiger partial charge in [0.05, 0.1) is 0 Å². The van der Waals surface area contributed by atoms with E-state index in [1.807, 2.05) is 0 Å². The molecule has 0 bridgehead atoms. The summed E-state index contributed by atoms with van der Waals surface area (Å²) < 4.78 is 36.1. The lowest BCUT2D eigenvalue weighted by Crippen LogP contribution is -2.30. The van der Waals surface area contributed by atoms with E-state index >= 15 is 0 Å². The van der Waals surface area contributed by atoms with Crippen LogP contribution in [0.2, 0.25) is 5.02 Å². The van der Waals surface area contributed by atoms with E-state index in [1.165, 1.54) is 18.2 Å². The number of aliphatic hydroxyl groups is 1. The van der Waals surface area contributed by atoms with Gasteiger partial charge in [-0.15, -0.1) is 0 Å². The number of hydrogen-bond donors (Lipinski definition) is 1. The third kappa shape index (κ3) is 3.39. The minimum absolute atomic E-state index is 0.418. The van der Waals surface area contributed by atoms with Crippen molar-refractivity contribution in [1.29, 1.82) is 0 Å². The van der Waals surface area contributed by atoms with Crippen LogP contribution < -0.4 is 0 Å². The molecule has 1 nitrogen and oxygen atoms in total. The second-order valence-corrected chi connectivity index (χ2v) is 3.75. The molecular weight excluding hydrogens is 229 g/mol. The van der Waals surface area contributed by atoms with E-state index in [2.05, 4.69) is 0 Å². The van der Waals surface area contributed by atoms with E-state index in [1.54, 1.807) is 6.92 Å². The molecule has 0 saturated carbocycles. The van der Waals surface area contributed by atoms with Crippen LogP contribution in [-0.2, 0) is 6.42 Å². The molecule has 1 rings (SSSR count). The molecule has 0 aromatic heterocycles. The Labute approximate surface area is 90.5 Å². The van der Waals surface area contributed by atoms with Gasteiger partial charge in [-0.2, -0.15) is 13.2 Å². The second kappa shape index (κ2) is 4.41. The molecule has 5 heteroatoms. The number of rotatable bonds is 2. The van der Waals surface area contributed by atoms with Gasteiger partial charge in [-0.05, 0) is 24.1 Å². The molecular formula is C10H10ClF3O. The Morgan fingerprint density at radius 3 is 2.47 bits per heavy atom. The first-order chi connectivity index (χ1) is 6.80. The van der Waals surface area contributed by atoms with Crippen molar-refractivity contribution in [2.45, 2.75) is 25.6 Å². The largest absolute Gasteiger partial charge is 0.414 e. The molecule has 0 spiro atoms. The number of benzene rings is 1. The van der Waals surface area contributed by atoms with Crippen LogP contribution in [0.3, 0.4) is 0 Å². The summed E-state index contributed by atoms with van der Waals surface area (Å²) in [7, 11) is 0. The van der Waals surface area contributed by atoms with E-state index in [-0.39, 0.29) is 0 Å². The van der Waals surface area contributed by atoms with Gasteiger partial charge in [0.2, 0.25) is 0 Å². The van der Waals surface area contributed by atoms with Gasteiger partial charge in [-0.1, -0.05) is 23.7 Å². The third-order valence-electron chi connectivity index (χ3n) is 2.03. The zero-order chi connectivity index (χ0) is 11.6. The summed E-state index contributed by atoms with van der Waals surface area (Å²) in [6, 6.07) is 4.54. The smallest absolute Gasteiger partial charge is 0.383 e. The summed E-state index contributed by atoms with van der Waals surface area (Å²) in [5.41, 5.74) is 1.12. The van der Waals surface area contributed by atoms with Crippen molar-refractivity contribution in [1.82, 2.24) is 0 Å². The fourth-order valence-corrected chi connectivity index (χ4v) is 1.29. The summed E-state index contributed by atoms with van der Waals surface area (Å²) in [5.74, 6) is 0. The van der Waals surface area contributed by atoms with Crippen molar-refractivity contribution in [3.05, 3.63) is 34.3 Å². The molecule has 1 aromatic carbocycles. The van der Waals surface area contributed by atoms with E-state index < -0.39 is 18.7 Å². The molecule has 1 aromatic rings. The lowest BCUT2D eigenvalue weighted by molar-refractivity contribution is -0.203. The van der Waals surface area contributed by atoms with Crippen molar-refractivity contribution >= 4 is 11.6 Å². The summed E-state index contributed by atoms with van der Waals surface area (Å²) in [4.78, 5) is 0. The highest BCUT2D eigenvalue weighted by Crippen LogP contribution is 2.24. The van der Waals surface area contributed by atoms with Crippen molar-refractivity contribution in [2.75, 3.05) is 0 Å². The van der Waals surface area contributed by atoms with Gasteiger partial charge < -0.3 is 5.11 Å². The fraction of sp³-hybridized carbons (Fsp3) is 0.400. The van der Waals surface area contributed by atoms with Crippen LogP contribution in [0.25, 0.3) is 0 Å². The van der Waals surface area contributed by atoms with E-state index in [9.17, 15) is 13.2 Å². The highest BCUT2D eigenvalue weighted by Gasteiger charge is 2.37. The normalized spacial score (nSPS) is 14.0. The van der Waals surface area contributed by atoms with Crippen LogP contribution in [0.15, 0.2) is 18.2 Å². The van der Waals surface area contributed by atoms with Crippen molar-refractivity contribution in [2.24, 2.45) is 0 Å². The predicted octanol–water partition coefficient (Wildman–Crippen LogP) is 3.11. The van der Waals surface area contributed by atoms with Crippen LogP contribution in [0.4, 0.5) is 13.2 Å². The van der Waals surface area contributed by atoms with Crippen LogP contribution >= 0.6 is 11.6 Å². The lowest BCUT2D eigenvalue weighted by Gasteiger charge is -2.14. The molecule has 0 heterocycles. The van der Waals surface area contributed by atoms with Crippen molar-refractivity contribution < 1.29 is 18.3 Å². The molecule has 1 N–H and O–H groups in total. The van der Waals surface area contributed by atoms with Crippen LogP contribution in [0.1, 0.15) is 11.1 Å². The highest BCUT2D eigenvalue weighted by molar-refractivity contribution is 6.31. The Bertz CT molecular complexity index is 349. The Morgan fingerprint density at radius 1 is 1.40 bits per heavy atom. The highest BCUT2D eigenvalue weighted by atomic mass is 35.5. The van der Waals surface area contributed by atoms with E-state index in [0.717, 1.165) is 0 Å². The Kier molecular flexibility index (Phi) is 3.62. The number of hydrogen-bond acceptors (Lipinski definition) is 1. The number of aliphatic hydroxyl groups excluding tert-OH is 1. The summed E-state index contributed by atoms with van der Waals surface area (Å²) >= 11 is 5.72. The molecule has 0 aliphatic carbocycles. The van der Waals surface area contributed by atoms with Crippen LogP contribution in [0.5, 0.6) is 0 Å². The molecule has 0 aliphatic rings. The minimum atomic E-state index is -4.58. The first-order valence-corrected chi connectivity index (χ1v) is 4.68. The molecule has 84 valence electrons. The number of aryl methyl sites for hydroxylation is 1. The fourth-order valence-electron chi connectivity index (χ4n) is 1.17. The van der Waals surface area contributed by atoms with E-state index in [0.29, 0.717) is 16.1 Å². The van der Waals surface area contributed by atoms with Gasteiger partial charge in [0.25, 0.3) is 0 Å².